The van der Waals surface area contributed by atoms with Crippen LogP contribution in [0.2, 0.25) is 5.15 Å². The summed E-state index contributed by atoms with van der Waals surface area (Å²) in [5.41, 5.74) is 5.31. The van der Waals surface area contributed by atoms with E-state index in [4.69, 9.17) is 16.3 Å². The number of nitrogens with one attached hydrogen (secondary N) is 3. The number of carbonyl (C=O) groups excluding carboxylic acids is 3. The number of benzene rings is 3. The first-order valence-electron chi connectivity index (χ1n) is 11.7. The molecule has 3 aromatic carbocycles. The highest BCUT2D eigenvalue weighted by atomic mass is 35.5. The van der Waals surface area contributed by atoms with E-state index in [1.807, 2.05) is 32.0 Å². The fraction of sp³-hybridized carbons (Fsp3) is 0.107. The smallest absolute Gasteiger partial charge is 0.329 e. The van der Waals surface area contributed by atoms with Crippen LogP contribution in [-0.2, 0) is 9.59 Å². The van der Waals surface area contributed by atoms with Crippen molar-refractivity contribution in [3.05, 3.63) is 94.6 Å². The standard InChI is InChI=1S/C28H24ClN5O4/c1-3-38-21-12-10-20(11-13-21)31-26(35)22-6-4-5-7-23(22)33-27(36)28(37)34-30-16-19-15-18-9-8-17(2)14-24(18)32-25(19)29/h4-16H,3H2,1-2H3,(H,31,35)(H,33,36)(H,34,37)/b30-16+. The molecule has 0 unspecified atom stereocenters. The summed E-state index contributed by atoms with van der Waals surface area (Å²) < 4.78 is 5.40. The Hall–Kier alpha value is -4.76. The number of hydrogen-bond acceptors (Lipinski definition) is 6. The second-order valence-electron chi connectivity index (χ2n) is 8.17. The van der Waals surface area contributed by atoms with Crippen LogP contribution in [0.5, 0.6) is 5.75 Å². The first-order chi connectivity index (χ1) is 18.3. The zero-order chi connectivity index (χ0) is 27.1. The van der Waals surface area contributed by atoms with Crippen molar-refractivity contribution < 1.29 is 19.1 Å². The number of anilines is 2. The normalized spacial score (nSPS) is 10.8. The van der Waals surface area contributed by atoms with Crippen LogP contribution in [0.1, 0.15) is 28.4 Å². The minimum atomic E-state index is -1.02. The maximum Gasteiger partial charge on any atom is 0.329 e. The summed E-state index contributed by atoms with van der Waals surface area (Å²) in [4.78, 5) is 42.0. The number of amides is 3. The lowest BCUT2D eigenvalue weighted by molar-refractivity contribution is -0.136. The molecule has 192 valence electrons. The van der Waals surface area contributed by atoms with Gasteiger partial charge in [-0.25, -0.2) is 10.4 Å². The fourth-order valence-corrected chi connectivity index (χ4v) is 3.73. The molecule has 0 saturated carbocycles. The Morgan fingerprint density at radius 3 is 2.50 bits per heavy atom. The zero-order valence-electron chi connectivity index (χ0n) is 20.6. The number of para-hydroxylation sites is 1. The van der Waals surface area contributed by atoms with Crippen LogP contribution in [-0.4, -0.2) is 35.5 Å². The molecule has 1 aromatic heterocycles. The number of fused-ring (bicyclic) bond motifs is 1. The van der Waals surface area contributed by atoms with Gasteiger partial charge in [-0.05, 0) is 67.9 Å². The monoisotopic (exact) mass is 529 g/mol. The van der Waals surface area contributed by atoms with Crippen molar-refractivity contribution in [2.24, 2.45) is 5.10 Å². The van der Waals surface area contributed by atoms with Gasteiger partial charge in [-0.15, -0.1) is 0 Å². The van der Waals surface area contributed by atoms with Crippen LogP contribution in [0, 0.1) is 6.92 Å². The average Bonchev–Trinajstić information content (AvgIpc) is 2.90. The van der Waals surface area contributed by atoms with Gasteiger partial charge < -0.3 is 15.4 Å². The van der Waals surface area contributed by atoms with E-state index < -0.39 is 17.7 Å². The molecule has 4 aromatic rings. The number of carbonyl (C=O) groups is 3. The molecule has 0 saturated heterocycles. The van der Waals surface area contributed by atoms with Crippen molar-refractivity contribution in [3.8, 4) is 5.75 Å². The molecule has 10 heteroatoms. The van der Waals surface area contributed by atoms with Crippen molar-refractivity contribution in [1.82, 2.24) is 10.4 Å². The lowest BCUT2D eigenvalue weighted by atomic mass is 10.1. The fourth-order valence-electron chi connectivity index (χ4n) is 3.54. The Morgan fingerprint density at radius 1 is 0.974 bits per heavy atom. The van der Waals surface area contributed by atoms with E-state index >= 15 is 0 Å². The number of pyridine rings is 1. The maximum absolute atomic E-state index is 12.8. The van der Waals surface area contributed by atoms with E-state index in [9.17, 15) is 14.4 Å². The lowest BCUT2D eigenvalue weighted by Gasteiger charge is -2.11. The summed E-state index contributed by atoms with van der Waals surface area (Å²) in [5.74, 6) is -1.80. The van der Waals surface area contributed by atoms with E-state index in [0.29, 0.717) is 23.6 Å². The number of aromatic nitrogens is 1. The van der Waals surface area contributed by atoms with Gasteiger partial charge in [0.05, 0.1) is 29.6 Å². The maximum atomic E-state index is 12.8. The van der Waals surface area contributed by atoms with Gasteiger partial charge in [-0.3, -0.25) is 14.4 Å². The van der Waals surface area contributed by atoms with Gasteiger partial charge in [-0.1, -0.05) is 35.9 Å². The van der Waals surface area contributed by atoms with Crippen molar-refractivity contribution in [2.45, 2.75) is 13.8 Å². The summed E-state index contributed by atoms with van der Waals surface area (Å²) in [6.07, 6.45) is 1.30. The Labute approximate surface area is 223 Å². The molecule has 38 heavy (non-hydrogen) atoms. The first-order valence-corrected chi connectivity index (χ1v) is 12.1. The van der Waals surface area contributed by atoms with Gasteiger partial charge in [0.2, 0.25) is 0 Å². The molecule has 1 heterocycles. The van der Waals surface area contributed by atoms with Gasteiger partial charge in [0, 0.05) is 16.6 Å². The molecule has 3 amide bonds. The third kappa shape index (κ3) is 6.51. The van der Waals surface area contributed by atoms with Crippen LogP contribution in [0.4, 0.5) is 11.4 Å². The summed E-state index contributed by atoms with van der Waals surface area (Å²) in [6.45, 7) is 4.37. The molecule has 9 nitrogen and oxygen atoms in total. The molecule has 0 radical (unpaired) electrons. The Kier molecular flexibility index (Phi) is 8.30. The summed E-state index contributed by atoms with van der Waals surface area (Å²) >= 11 is 6.23. The number of hydrogen-bond donors (Lipinski definition) is 3. The summed E-state index contributed by atoms with van der Waals surface area (Å²) in [6, 6.07) is 20.7. The molecule has 0 atom stereocenters. The largest absolute Gasteiger partial charge is 0.494 e. The van der Waals surface area contributed by atoms with Crippen molar-refractivity contribution >= 4 is 57.8 Å². The van der Waals surface area contributed by atoms with Crippen LogP contribution in [0.15, 0.2) is 77.9 Å². The van der Waals surface area contributed by atoms with Crippen LogP contribution >= 0.6 is 11.6 Å². The number of hydrazone groups is 1. The molecule has 3 N–H and O–H groups in total. The van der Waals surface area contributed by atoms with E-state index in [2.05, 4.69) is 26.1 Å². The van der Waals surface area contributed by atoms with Gasteiger partial charge >= 0.3 is 11.8 Å². The number of ether oxygens (including phenoxy) is 1. The highest BCUT2D eigenvalue weighted by molar-refractivity contribution is 6.40. The zero-order valence-corrected chi connectivity index (χ0v) is 21.4. The minimum absolute atomic E-state index is 0.164. The lowest BCUT2D eigenvalue weighted by Crippen LogP contribution is -2.33. The van der Waals surface area contributed by atoms with Crippen LogP contribution in [0.25, 0.3) is 10.9 Å². The molecule has 0 bridgehead atoms. The molecular formula is C28H24ClN5O4. The van der Waals surface area contributed by atoms with Crippen LogP contribution in [0.3, 0.4) is 0 Å². The predicted octanol–water partition coefficient (Wildman–Crippen LogP) is 4.94. The SMILES string of the molecule is CCOc1ccc(NC(=O)c2ccccc2NC(=O)C(=O)N/N=C/c2cc3ccc(C)cc3nc2Cl)cc1. The summed E-state index contributed by atoms with van der Waals surface area (Å²) in [7, 11) is 0. The molecule has 0 aliphatic rings. The minimum Gasteiger partial charge on any atom is -0.494 e. The van der Waals surface area contributed by atoms with E-state index in [-0.39, 0.29) is 16.4 Å². The Balaban J connectivity index is 1.39. The van der Waals surface area contributed by atoms with Gasteiger partial charge in [0.15, 0.2) is 0 Å². The molecule has 4 rings (SSSR count). The topological polar surface area (TPSA) is 122 Å². The van der Waals surface area contributed by atoms with Gasteiger partial charge in [-0.2, -0.15) is 5.10 Å². The summed E-state index contributed by atoms with van der Waals surface area (Å²) in [5, 5.41) is 10.1. The quantitative estimate of drug-likeness (QED) is 0.135. The van der Waals surface area contributed by atoms with Gasteiger partial charge in [0.1, 0.15) is 10.9 Å². The molecule has 0 fully saturated rings. The number of halogens is 1. The molecule has 0 spiro atoms. The van der Waals surface area contributed by atoms with Crippen LogP contribution < -0.4 is 20.8 Å². The van der Waals surface area contributed by atoms with E-state index in [1.165, 1.54) is 18.3 Å². The van der Waals surface area contributed by atoms with Gasteiger partial charge in [0.25, 0.3) is 5.91 Å². The second-order valence-corrected chi connectivity index (χ2v) is 8.53. The third-order valence-corrected chi connectivity index (χ3v) is 5.68. The Bertz CT molecular complexity index is 1540. The number of nitrogens with zero attached hydrogens (tertiary/aromatic N) is 2. The molecular weight excluding hydrogens is 506 g/mol. The predicted molar refractivity (Wildman–Crippen MR) is 148 cm³/mol. The van der Waals surface area contributed by atoms with Crippen molar-refractivity contribution in [2.75, 3.05) is 17.2 Å². The molecule has 0 aliphatic carbocycles. The van der Waals surface area contributed by atoms with E-state index in [1.54, 1.807) is 42.5 Å². The highest BCUT2D eigenvalue weighted by Gasteiger charge is 2.18. The number of rotatable bonds is 7. The molecule has 0 aliphatic heterocycles. The third-order valence-electron chi connectivity index (χ3n) is 5.37. The van der Waals surface area contributed by atoms with E-state index in [0.717, 1.165) is 16.5 Å². The Morgan fingerprint density at radius 2 is 1.74 bits per heavy atom. The van der Waals surface area contributed by atoms with Crippen molar-refractivity contribution in [3.63, 3.8) is 0 Å². The first kappa shape index (κ1) is 26.3. The highest BCUT2D eigenvalue weighted by Crippen LogP contribution is 2.21. The van der Waals surface area contributed by atoms with Crippen molar-refractivity contribution in [1.29, 1.82) is 0 Å². The second kappa shape index (κ2) is 12.0. The number of aryl methyl sites for hydroxylation is 1. The average molecular weight is 530 g/mol.